The van der Waals surface area contributed by atoms with Crippen molar-refractivity contribution < 1.29 is 4.79 Å². The molecule has 1 unspecified atom stereocenters. The van der Waals surface area contributed by atoms with Gasteiger partial charge in [0, 0.05) is 51.4 Å². The second-order valence-corrected chi connectivity index (χ2v) is 6.21. The Labute approximate surface area is 160 Å². The van der Waals surface area contributed by atoms with Gasteiger partial charge in [0.2, 0.25) is 5.91 Å². The van der Waals surface area contributed by atoms with Gasteiger partial charge in [0.25, 0.3) is 0 Å². The molecule has 0 radical (unpaired) electrons. The largest absolute Gasteiger partial charge is 0.368 e. The molecule has 0 aromatic heterocycles. The highest BCUT2D eigenvalue weighted by molar-refractivity contribution is 14.0. The molecule has 2 aliphatic heterocycles. The molecule has 1 aromatic rings. The summed E-state index contributed by atoms with van der Waals surface area (Å²) in [5.41, 5.74) is 2.50. The second kappa shape index (κ2) is 8.55. The monoisotopic (exact) mass is 443 g/mol. The van der Waals surface area contributed by atoms with E-state index in [0.29, 0.717) is 6.04 Å². The molecule has 1 aromatic carbocycles. The number of guanidine groups is 1. The first-order valence-electron chi connectivity index (χ1n) is 8.26. The van der Waals surface area contributed by atoms with Crippen LogP contribution in [0.5, 0.6) is 0 Å². The summed E-state index contributed by atoms with van der Waals surface area (Å²) in [6.07, 6.45) is 0. The third-order valence-corrected chi connectivity index (χ3v) is 4.41. The number of benzene rings is 1. The first-order valence-corrected chi connectivity index (χ1v) is 8.26. The van der Waals surface area contributed by atoms with Crippen LogP contribution in [0.4, 0.5) is 5.69 Å². The number of nitrogens with zero attached hydrogens (tertiary/aromatic N) is 3. The van der Waals surface area contributed by atoms with Crippen LogP contribution >= 0.6 is 24.0 Å². The molecule has 0 saturated carbocycles. The van der Waals surface area contributed by atoms with E-state index in [2.05, 4.69) is 51.7 Å². The Morgan fingerprint density at radius 1 is 1.29 bits per heavy atom. The van der Waals surface area contributed by atoms with Crippen LogP contribution in [0.3, 0.4) is 0 Å². The van der Waals surface area contributed by atoms with E-state index >= 15 is 0 Å². The van der Waals surface area contributed by atoms with Crippen molar-refractivity contribution in [2.24, 2.45) is 4.99 Å². The molecule has 132 valence electrons. The Morgan fingerprint density at radius 3 is 2.62 bits per heavy atom. The number of piperazine rings is 1. The number of amides is 1. The lowest BCUT2D eigenvalue weighted by atomic mass is 10.1. The topological polar surface area (TPSA) is 60.0 Å². The molecule has 1 fully saturated rings. The predicted molar refractivity (Wildman–Crippen MR) is 108 cm³/mol. The highest BCUT2D eigenvalue weighted by atomic mass is 127. The van der Waals surface area contributed by atoms with Crippen molar-refractivity contribution in [3.05, 3.63) is 29.8 Å². The van der Waals surface area contributed by atoms with E-state index in [9.17, 15) is 4.79 Å². The molecular weight excluding hydrogens is 417 g/mol. The number of hydrogen-bond acceptors (Lipinski definition) is 5. The Bertz CT molecular complexity index is 598. The van der Waals surface area contributed by atoms with Gasteiger partial charge in [-0.05, 0) is 18.6 Å². The summed E-state index contributed by atoms with van der Waals surface area (Å²) < 4.78 is 0. The van der Waals surface area contributed by atoms with Crippen molar-refractivity contribution in [1.82, 2.24) is 15.5 Å². The second-order valence-electron chi connectivity index (χ2n) is 6.21. The fourth-order valence-electron chi connectivity index (χ4n) is 3.07. The Morgan fingerprint density at radius 2 is 2.00 bits per heavy atom. The summed E-state index contributed by atoms with van der Waals surface area (Å²) in [5.74, 6) is 1.05. The van der Waals surface area contributed by atoms with E-state index < -0.39 is 0 Å². The summed E-state index contributed by atoms with van der Waals surface area (Å²) in [7, 11) is 0. The molecule has 2 aliphatic rings. The van der Waals surface area contributed by atoms with Crippen LogP contribution in [-0.2, 0) is 11.3 Å². The summed E-state index contributed by atoms with van der Waals surface area (Å²) in [6.45, 7) is 8.70. The zero-order valence-electron chi connectivity index (χ0n) is 14.3. The zero-order valence-corrected chi connectivity index (χ0v) is 16.6. The first-order chi connectivity index (χ1) is 11.1. The molecule has 1 amide bonds. The van der Waals surface area contributed by atoms with E-state index in [0.717, 1.165) is 45.2 Å². The number of para-hydroxylation sites is 1. The molecule has 3 rings (SSSR count). The third kappa shape index (κ3) is 4.52. The number of carbonyl (C=O) groups is 1. The molecule has 0 aliphatic carbocycles. The summed E-state index contributed by atoms with van der Waals surface area (Å²) in [6, 6.07) is 8.86. The van der Waals surface area contributed by atoms with E-state index in [1.807, 2.05) is 4.90 Å². The molecule has 1 atom stereocenters. The third-order valence-electron chi connectivity index (χ3n) is 4.41. The maximum atomic E-state index is 11.5. The fraction of sp³-hybridized carbons (Fsp3) is 0.529. The van der Waals surface area contributed by atoms with Crippen molar-refractivity contribution in [1.29, 1.82) is 0 Å². The highest BCUT2D eigenvalue weighted by Gasteiger charge is 2.20. The molecule has 1 saturated heterocycles. The smallest absolute Gasteiger partial charge is 0.219 e. The lowest BCUT2D eigenvalue weighted by Gasteiger charge is -2.36. The lowest BCUT2D eigenvalue weighted by Crippen LogP contribution is -2.48. The minimum Gasteiger partial charge on any atom is -0.368 e. The maximum absolute atomic E-state index is 11.5. The minimum atomic E-state index is 0. The highest BCUT2D eigenvalue weighted by Crippen LogP contribution is 2.22. The number of carbonyl (C=O) groups excluding carboxylic acids is 1. The zero-order chi connectivity index (χ0) is 16.2. The van der Waals surface area contributed by atoms with Gasteiger partial charge < -0.3 is 20.4 Å². The standard InChI is InChI=1S/C17H25N5O.HI/c1-13-11-18-17(20-13)19-12-15-5-3-4-6-16(15)22-9-7-21(8-10-22)14(2)23;/h3-6,13H,7-12H2,1-2H3,(H2,18,19,20);1H. The summed E-state index contributed by atoms with van der Waals surface area (Å²) in [4.78, 5) is 20.2. The van der Waals surface area contributed by atoms with Crippen LogP contribution in [0.25, 0.3) is 0 Å². The van der Waals surface area contributed by atoms with Gasteiger partial charge in [0.05, 0.1) is 6.54 Å². The Hall–Kier alpha value is -1.51. The van der Waals surface area contributed by atoms with Gasteiger partial charge in [-0.3, -0.25) is 9.79 Å². The summed E-state index contributed by atoms with van der Waals surface area (Å²) in [5, 5.41) is 6.70. The number of hydrogen-bond donors (Lipinski definition) is 2. The number of rotatable bonds is 3. The van der Waals surface area contributed by atoms with Crippen LogP contribution in [0.2, 0.25) is 0 Å². The van der Waals surface area contributed by atoms with Crippen LogP contribution < -0.4 is 15.5 Å². The molecule has 6 nitrogen and oxygen atoms in total. The molecule has 0 bridgehead atoms. The normalized spacial score (nSPS) is 20.1. The number of aliphatic imine (C=N–C) groups is 1. The van der Waals surface area contributed by atoms with Crippen molar-refractivity contribution in [3.63, 3.8) is 0 Å². The van der Waals surface area contributed by atoms with Gasteiger partial charge in [-0.1, -0.05) is 18.2 Å². The summed E-state index contributed by atoms with van der Waals surface area (Å²) >= 11 is 0. The molecular formula is C17H26IN5O. The quantitative estimate of drug-likeness (QED) is 0.694. The average Bonchev–Trinajstić information content (AvgIpc) is 2.99. The van der Waals surface area contributed by atoms with Crippen LogP contribution in [0.1, 0.15) is 19.4 Å². The Balaban J connectivity index is 0.00000208. The molecule has 2 heterocycles. The minimum absolute atomic E-state index is 0. The van der Waals surface area contributed by atoms with Gasteiger partial charge in [0.15, 0.2) is 5.96 Å². The van der Waals surface area contributed by atoms with Crippen molar-refractivity contribution >= 4 is 41.5 Å². The fourth-order valence-corrected chi connectivity index (χ4v) is 3.07. The van der Waals surface area contributed by atoms with E-state index in [1.54, 1.807) is 6.92 Å². The van der Waals surface area contributed by atoms with Crippen LogP contribution in [-0.4, -0.2) is 55.5 Å². The van der Waals surface area contributed by atoms with E-state index in [-0.39, 0.29) is 29.9 Å². The van der Waals surface area contributed by atoms with Gasteiger partial charge >= 0.3 is 0 Å². The van der Waals surface area contributed by atoms with Crippen molar-refractivity contribution in [3.8, 4) is 0 Å². The van der Waals surface area contributed by atoms with E-state index in [1.165, 1.54) is 11.3 Å². The van der Waals surface area contributed by atoms with Crippen molar-refractivity contribution in [2.75, 3.05) is 37.6 Å². The predicted octanol–water partition coefficient (Wildman–Crippen LogP) is 1.41. The molecule has 0 spiro atoms. The van der Waals surface area contributed by atoms with Crippen molar-refractivity contribution in [2.45, 2.75) is 26.4 Å². The van der Waals surface area contributed by atoms with Gasteiger partial charge in [-0.25, -0.2) is 0 Å². The SMILES string of the molecule is CC(=O)N1CCN(c2ccccc2CNC2=NCC(C)N2)CC1.I. The van der Waals surface area contributed by atoms with Gasteiger partial charge in [0.1, 0.15) is 0 Å². The number of anilines is 1. The molecule has 24 heavy (non-hydrogen) atoms. The van der Waals surface area contributed by atoms with Crippen LogP contribution in [0, 0.1) is 0 Å². The average molecular weight is 443 g/mol. The lowest BCUT2D eigenvalue weighted by molar-refractivity contribution is -0.129. The van der Waals surface area contributed by atoms with E-state index in [4.69, 9.17) is 0 Å². The number of nitrogens with one attached hydrogen (secondary N) is 2. The number of halogens is 1. The first kappa shape index (κ1) is 18.8. The molecule has 7 heteroatoms. The molecule has 2 N–H and O–H groups in total. The van der Waals surface area contributed by atoms with Crippen LogP contribution in [0.15, 0.2) is 29.3 Å². The van der Waals surface area contributed by atoms with Gasteiger partial charge in [-0.15, -0.1) is 24.0 Å². The van der Waals surface area contributed by atoms with Gasteiger partial charge in [-0.2, -0.15) is 0 Å². The Kier molecular flexibility index (Phi) is 6.70. The maximum Gasteiger partial charge on any atom is 0.219 e.